The van der Waals surface area contributed by atoms with Crippen molar-refractivity contribution in [3.8, 4) is 5.69 Å². The fourth-order valence-electron chi connectivity index (χ4n) is 1.66. The van der Waals surface area contributed by atoms with E-state index in [0.717, 1.165) is 10.7 Å². The van der Waals surface area contributed by atoms with Crippen LogP contribution in [0.15, 0.2) is 24.4 Å². The highest BCUT2D eigenvalue weighted by molar-refractivity contribution is 9.08. The third-order valence-corrected chi connectivity index (χ3v) is 3.63. The normalized spacial score (nSPS) is 11.9. The molecule has 0 aliphatic heterocycles. The Morgan fingerprint density at radius 3 is 2.53 bits per heavy atom. The predicted octanol–water partition coefficient (Wildman–Crippen LogP) is 4.75. The van der Waals surface area contributed by atoms with Gasteiger partial charge in [0.05, 0.1) is 22.0 Å². The van der Waals surface area contributed by atoms with Gasteiger partial charge in [-0.1, -0.05) is 33.6 Å². The lowest BCUT2D eigenvalue weighted by Gasteiger charge is -2.14. The van der Waals surface area contributed by atoms with Crippen LogP contribution in [0.4, 0.5) is 13.2 Å². The van der Waals surface area contributed by atoms with E-state index in [0.29, 0.717) is 21.6 Å². The van der Waals surface area contributed by atoms with Crippen LogP contribution in [-0.4, -0.2) is 9.78 Å². The van der Waals surface area contributed by atoms with Crippen LogP contribution in [0, 0.1) is 6.92 Å². The molecule has 2 rings (SSSR count). The van der Waals surface area contributed by atoms with Crippen molar-refractivity contribution in [2.24, 2.45) is 0 Å². The average molecular weight is 354 g/mol. The minimum atomic E-state index is -4.44. The molecule has 102 valence electrons. The smallest absolute Gasteiger partial charge is 0.239 e. The molecule has 0 aliphatic rings. The summed E-state index contributed by atoms with van der Waals surface area (Å²) >= 11 is 8.98. The Labute approximate surface area is 121 Å². The number of aromatic nitrogens is 2. The zero-order valence-corrected chi connectivity index (χ0v) is 12.1. The molecule has 0 saturated heterocycles. The molecular weight excluding hydrogens is 344 g/mol. The number of hydrogen-bond acceptors (Lipinski definition) is 1. The largest absolute Gasteiger partial charge is 0.418 e. The van der Waals surface area contributed by atoms with Gasteiger partial charge in [0.2, 0.25) is 0 Å². The zero-order valence-electron chi connectivity index (χ0n) is 9.80. The van der Waals surface area contributed by atoms with Gasteiger partial charge in [0.25, 0.3) is 0 Å². The second-order valence-electron chi connectivity index (χ2n) is 3.99. The van der Waals surface area contributed by atoms with E-state index in [-0.39, 0.29) is 5.69 Å². The molecule has 0 bridgehead atoms. The van der Waals surface area contributed by atoms with Crippen molar-refractivity contribution in [1.29, 1.82) is 0 Å². The van der Waals surface area contributed by atoms with Gasteiger partial charge in [-0.15, -0.1) is 0 Å². The molecule has 0 amide bonds. The molecule has 1 aromatic heterocycles. The van der Waals surface area contributed by atoms with Gasteiger partial charge in [-0.3, -0.25) is 0 Å². The molecule has 0 fully saturated rings. The second-order valence-corrected chi connectivity index (χ2v) is 4.96. The quantitative estimate of drug-likeness (QED) is 0.713. The number of nitrogens with zero attached hydrogens (tertiary/aromatic N) is 2. The zero-order chi connectivity index (χ0) is 14.2. The van der Waals surface area contributed by atoms with Crippen molar-refractivity contribution >= 4 is 27.5 Å². The van der Waals surface area contributed by atoms with E-state index in [2.05, 4.69) is 21.0 Å². The Morgan fingerprint density at radius 2 is 2.05 bits per heavy atom. The van der Waals surface area contributed by atoms with Crippen LogP contribution in [0.2, 0.25) is 5.02 Å². The SMILES string of the molecule is Cc1nn(-c2ccc(CBr)cc2C(F)(F)F)cc1Cl. The van der Waals surface area contributed by atoms with Crippen LogP contribution >= 0.6 is 27.5 Å². The van der Waals surface area contributed by atoms with E-state index in [1.807, 2.05) is 0 Å². The van der Waals surface area contributed by atoms with E-state index in [4.69, 9.17) is 11.6 Å². The monoisotopic (exact) mass is 352 g/mol. The minimum Gasteiger partial charge on any atom is -0.239 e. The summed E-state index contributed by atoms with van der Waals surface area (Å²) in [7, 11) is 0. The average Bonchev–Trinajstić information content (AvgIpc) is 2.67. The number of hydrogen-bond donors (Lipinski definition) is 0. The maximum atomic E-state index is 13.1. The Morgan fingerprint density at radius 1 is 1.37 bits per heavy atom. The number of aryl methyl sites for hydroxylation is 1. The number of alkyl halides is 4. The van der Waals surface area contributed by atoms with E-state index >= 15 is 0 Å². The number of benzene rings is 1. The van der Waals surface area contributed by atoms with Crippen LogP contribution in [0.5, 0.6) is 0 Å². The van der Waals surface area contributed by atoms with E-state index in [1.54, 1.807) is 13.0 Å². The molecule has 0 N–H and O–H groups in total. The molecule has 1 heterocycles. The van der Waals surface area contributed by atoms with Gasteiger partial charge in [-0.05, 0) is 24.6 Å². The van der Waals surface area contributed by atoms with Crippen molar-refractivity contribution in [1.82, 2.24) is 9.78 Å². The summed E-state index contributed by atoms with van der Waals surface area (Å²) < 4.78 is 40.4. The molecule has 0 atom stereocenters. The fraction of sp³-hybridized carbons (Fsp3) is 0.250. The second kappa shape index (κ2) is 5.17. The Bertz CT molecular complexity index is 588. The van der Waals surface area contributed by atoms with Gasteiger partial charge >= 0.3 is 6.18 Å². The standard InChI is InChI=1S/C12H9BrClF3N2/c1-7-10(14)6-19(18-7)11-3-2-8(5-13)4-9(11)12(15,16)17/h2-4,6H,5H2,1H3. The molecule has 2 nitrogen and oxygen atoms in total. The molecule has 7 heteroatoms. The van der Waals surface area contributed by atoms with E-state index < -0.39 is 11.7 Å². The molecule has 0 unspecified atom stereocenters. The lowest BCUT2D eigenvalue weighted by molar-refractivity contribution is -0.137. The summed E-state index contributed by atoms with van der Waals surface area (Å²) in [5.41, 5.74) is 0.265. The van der Waals surface area contributed by atoms with Crippen LogP contribution in [0.1, 0.15) is 16.8 Å². The van der Waals surface area contributed by atoms with Gasteiger partial charge in [-0.2, -0.15) is 18.3 Å². The molecule has 0 radical (unpaired) electrons. The summed E-state index contributed by atoms with van der Waals surface area (Å²) in [4.78, 5) is 0. The van der Waals surface area contributed by atoms with Crippen LogP contribution < -0.4 is 0 Å². The van der Waals surface area contributed by atoms with Crippen molar-refractivity contribution in [3.63, 3.8) is 0 Å². The molecule has 0 aliphatic carbocycles. The number of rotatable bonds is 2. The first-order valence-corrected chi connectivity index (χ1v) is 6.81. The number of halogens is 5. The predicted molar refractivity (Wildman–Crippen MR) is 70.9 cm³/mol. The molecule has 0 spiro atoms. The van der Waals surface area contributed by atoms with Gasteiger partial charge < -0.3 is 0 Å². The first-order chi connectivity index (χ1) is 8.82. The minimum absolute atomic E-state index is 0.0350. The first-order valence-electron chi connectivity index (χ1n) is 5.31. The highest BCUT2D eigenvalue weighted by atomic mass is 79.9. The van der Waals surface area contributed by atoms with Gasteiger partial charge in [0.1, 0.15) is 0 Å². The lowest BCUT2D eigenvalue weighted by atomic mass is 10.1. The third kappa shape index (κ3) is 2.95. The molecule has 19 heavy (non-hydrogen) atoms. The topological polar surface area (TPSA) is 17.8 Å². The first kappa shape index (κ1) is 14.4. The van der Waals surface area contributed by atoms with Gasteiger partial charge in [0.15, 0.2) is 0 Å². The highest BCUT2D eigenvalue weighted by Gasteiger charge is 2.34. The molecule has 0 saturated carbocycles. The van der Waals surface area contributed by atoms with Crippen molar-refractivity contribution in [2.45, 2.75) is 18.4 Å². The Balaban J connectivity index is 2.62. The van der Waals surface area contributed by atoms with Crippen LogP contribution in [0.3, 0.4) is 0 Å². The van der Waals surface area contributed by atoms with Crippen molar-refractivity contribution in [2.75, 3.05) is 0 Å². The van der Waals surface area contributed by atoms with E-state index in [1.165, 1.54) is 12.3 Å². The maximum absolute atomic E-state index is 13.1. The Hall–Kier alpha value is -1.01. The lowest BCUT2D eigenvalue weighted by Crippen LogP contribution is -2.11. The van der Waals surface area contributed by atoms with Crippen LogP contribution in [0.25, 0.3) is 5.69 Å². The third-order valence-electron chi connectivity index (χ3n) is 2.61. The molecular formula is C12H9BrClF3N2. The summed E-state index contributed by atoms with van der Waals surface area (Å²) in [6.07, 6.45) is -3.07. The van der Waals surface area contributed by atoms with Gasteiger partial charge in [0, 0.05) is 11.5 Å². The summed E-state index contributed by atoms with van der Waals surface area (Å²) in [5, 5.41) is 4.67. The Kier molecular flexibility index (Phi) is 3.92. The summed E-state index contributed by atoms with van der Waals surface area (Å²) in [6.45, 7) is 1.64. The van der Waals surface area contributed by atoms with Crippen molar-refractivity contribution in [3.05, 3.63) is 46.2 Å². The van der Waals surface area contributed by atoms with Gasteiger partial charge in [-0.25, -0.2) is 4.68 Å². The highest BCUT2D eigenvalue weighted by Crippen LogP contribution is 2.35. The maximum Gasteiger partial charge on any atom is 0.418 e. The fourth-order valence-corrected chi connectivity index (χ4v) is 2.13. The molecule has 1 aromatic carbocycles. The van der Waals surface area contributed by atoms with E-state index in [9.17, 15) is 13.2 Å². The summed E-state index contributed by atoms with van der Waals surface area (Å²) in [5.74, 6) is 0. The molecule has 2 aromatic rings. The summed E-state index contributed by atoms with van der Waals surface area (Å²) in [6, 6.07) is 4.11. The van der Waals surface area contributed by atoms with Crippen molar-refractivity contribution < 1.29 is 13.2 Å². The van der Waals surface area contributed by atoms with Crippen LogP contribution in [-0.2, 0) is 11.5 Å².